The van der Waals surface area contributed by atoms with Gasteiger partial charge in [-0.3, -0.25) is 4.79 Å². The smallest absolute Gasteiger partial charge is 0.309 e. The summed E-state index contributed by atoms with van der Waals surface area (Å²) in [4.78, 5) is 12.4. The Morgan fingerprint density at radius 3 is 2.68 bits per heavy atom. The van der Waals surface area contributed by atoms with Crippen molar-refractivity contribution in [3.05, 3.63) is 18.2 Å². The molecule has 1 rings (SSSR count). The summed E-state index contributed by atoms with van der Waals surface area (Å²) in [6.07, 6.45) is 0. The average molecular weight is 283 g/mol. The molecule has 0 aliphatic carbocycles. The van der Waals surface area contributed by atoms with Crippen molar-refractivity contribution in [3.8, 4) is 5.75 Å². The highest BCUT2D eigenvalue weighted by molar-refractivity contribution is 8.00. The Kier molecular flexibility index (Phi) is 6.02. The monoisotopic (exact) mass is 283 g/mol. The summed E-state index contributed by atoms with van der Waals surface area (Å²) < 4.78 is 10.2. The normalized spacial score (nSPS) is 13.7. The molecule has 2 N–H and O–H groups in total. The summed E-state index contributed by atoms with van der Waals surface area (Å²) in [5, 5.41) is 0.0756. The lowest BCUT2D eigenvalue weighted by molar-refractivity contribution is -0.144. The molecule has 0 aliphatic heterocycles. The van der Waals surface area contributed by atoms with Gasteiger partial charge in [0.1, 0.15) is 5.75 Å². The van der Waals surface area contributed by atoms with Crippen molar-refractivity contribution in [2.75, 3.05) is 19.5 Å². The fraction of sp³-hybridized carbons (Fsp3) is 0.500. The molecule has 1 aromatic carbocycles. The van der Waals surface area contributed by atoms with E-state index >= 15 is 0 Å². The molecule has 0 aliphatic rings. The molecule has 0 fully saturated rings. The van der Waals surface area contributed by atoms with Crippen LogP contribution in [0.25, 0.3) is 0 Å². The molecular weight excluding hydrogens is 262 g/mol. The lowest BCUT2D eigenvalue weighted by Gasteiger charge is -2.18. The number of benzene rings is 1. The molecule has 0 heterocycles. The minimum Gasteiger partial charge on any atom is -0.494 e. The van der Waals surface area contributed by atoms with Crippen LogP contribution in [0.5, 0.6) is 5.75 Å². The predicted molar refractivity (Wildman–Crippen MR) is 78.5 cm³/mol. The summed E-state index contributed by atoms with van der Waals surface area (Å²) >= 11 is 1.56. The summed E-state index contributed by atoms with van der Waals surface area (Å²) in [6, 6.07) is 5.57. The number of nitrogens with two attached hydrogens (primary N) is 1. The van der Waals surface area contributed by atoms with Crippen molar-refractivity contribution < 1.29 is 14.3 Å². The zero-order chi connectivity index (χ0) is 14.4. The third kappa shape index (κ3) is 4.35. The second-order valence-corrected chi connectivity index (χ2v) is 5.69. The van der Waals surface area contributed by atoms with E-state index in [1.165, 1.54) is 7.11 Å². The van der Waals surface area contributed by atoms with E-state index in [0.29, 0.717) is 12.3 Å². The molecule has 0 aromatic heterocycles. The van der Waals surface area contributed by atoms with Crippen molar-refractivity contribution in [3.63, 3.8) is 0 Å². The van der Waals surface area contributed by atoms with Gasteiger partial charge >= 0.3 is 5.97 Å². The van der Waals surface area contributed by atoms with Crippen LogP contribution in [0.4, 0.5) is 5.69 Å². The Labute approximate surface area is 118 Å². The highest BCUT2D eigenvalue weighted by Crippen LogP contribution is 2.34. The van der Waals surface area contributed by atoms with Gasteiger partial charge in [0, 0.05) is 15.8 Å². The van der Waals surface area contributed by atoms with E-state index in [-0.39, 0.29) is 17.1 Å². The summed E-state index contributed by atoms with van der Waals surface area (Å²) in [5.41, 5.74) is 6.64. The molecule has 0 spiro atoms. The van der Waals surface area contributed by atoms with Gasteiger partial charge in [0.2, 0.25) is 0 Å². The van der Waals surface area contributed by atoms with E-state index < -0.39 is 0 Å². The Balaban J connectivity index is 2.80. The van der Waals surface area contributed by atoms with Gasteiger partial charge in [0.15, 0.2) is 0 Å². The lowest BCUT2D eigenvalue weighted by Crippen LogP contribution is -2.22. The van der Waals surface area contributed by atoms with Gasteiger partial charge < -0.3 is 15.2 Å². The molecule has 0 amide bonds. The molecule has 2 unspecified atom stereocenters. The third-order valence-electron chi connectivity index (χ3n) is 2.89. The Morgan fingerprint density at radius 1 is 1.42 bits per heavy atom. The number of anilines is 1. The summed E-state index contributed by atoms with van der Waals surface area (Å²) in [5.74, 6) is 0.391. The summed E-state index contributed by atoms with van der Waals surface area (Å²) in [7, 11) is 1.40. The lowest BCUT2D eigenvalue weighted by atomic mass is 10.1. The van der Waals surface area contributed by atoms with Crippen LogP contribution in [0.3, 0.4) is 0 Å². The highest BCUT2D eigenvalue weighted by atomic mass is 32.2. The average Bonchev–Trinajstić information content (AvgIpc) is 2.41. The topological polar surface area (TPSA) is 61.5 Å². The maximum atomic E-state index is 11.5. The SMILES string of the molecule is CCOc1ccc(N)c(SC(C)C(C)C(=O)OC)c1. The van der Waals surface area contributed by atoms with Crippen LogP contribution < -0.4 is 10.5 Å². The van der Waals surface area contributed by atoms with Gasteiger partial charge in [-0.25, -0.2) is 0 Å². The molecule has 5 heteroatoms. The van der Waals surface area contributed by atoms with Crippen molar-refractivity contribution >= 4 is 23.4 Å². The van der Waals surface area contributed by atoms with Crippen LogP contribution in [0, 0.1) is 5.92 Å². The number of hydrogen-bond acceptors (Lipinski definition) is 5. The standard InChI is InChI=1S/C14H21NO3S/c1-5-18-11-6-7-12(15)13(8-11)19-10(3)9(2)14(16)17-4/h6-10H,5,15H2,1-4H3. The van der Waals surface area contributed by atoms with Gasteiger partial charge in [-0.05, 0) is 25.1 Å². The van der Waals surface area contributed by atoms with E-state index in [1.807, 2.05) is 39.0 Å². The van der Waals surface area contributed by atoms with Crippen LogP contribution >= 0.6 is 11.8 Å². The van der Waals surface area contributed by atoms with E-state index in [1.54, 1.807) is 11.8 Å². The van der Waals surface area contributed by atoms with Crippen molar-refractivity contribution in [2.24, 2.45) is 5.92 Å². The predicted octanol–water partition coefficient (Wildman–Crippen LogP) is 2.96. The van der Waals surface area contributed by atoms with Gasteiger partial charge in [0.25, 0.3) is 0 Å². The highest BCUT2D eigenvalue weighted by Gasteiger charge is 2.22. The molecular formula is C14H21NO3S. The molecule has 0 saturated carbocycles. The second kappa shape index (κ2) is 7.28. The minimum absolute atomic E-state index is 0.0756. The minimum atomic E-state index is -0.209. The van der Waals surface area contributed by atoms with Crippen molar-refractivity contribution in [1.29, 1.82) is 0 Å². The first-order valence-corrected chi connectivity index (χ1v) is 7.14. The Hall–Kier alpha value is -1.36. The Bertz CT molecular complexity index is 437. The quantitative estimate of drug-likeness (QED) is 0.494. The molecule has 0 radical (unpaired) electrons. The van der Waals surface area contributed by atoms with Crippen LogP contribution in [-0.4, -0.2) is 24.9 Å². The van der Waals surface area contributed by atoms with Crippen molar-refractivity contribution in [2.45, 2.75) is 30.9 Å². The molecule has 0 bridgehead atoms. The number of carbonyl (C=O) groups is 1. The third-order valence-corrected chi connectivity index (χ3v) is 4.27. The number of methoxy groups -OCH3 is 1. The Morgan fingerprint density at radius 2 is 2.11 bits per heavy atom. The number of rotatable bonds is 6. The second-order valence-electron chi connectivity index (χ2n) is 4.27. The van der Waals surface area contributed by atoms with Gasteiger partial charge in [-0.2, -0.15) is 0 Å². The molecule has 106 valence electrons. The first kappa shape index (κ1) is 15.7. The molecule has 1 aromatic rings. The van der Waals surface area contributed by atoms with Crippen LogP contribution in [0.15, 0.2) is 23.1 Å². The number of thioether (sulfide) groups is 1. The van der Waals surface area contributed by atoms with Crippen molar-refractivity contribution in [1.82, 2.24) is 0 Å². The molecule has 0 saturated heterocycles. The maximum Gasteiger partial charge on any atom is 0.309 e. The van der Waals surface area contributed by atoms with Gasteiger partial charge in [-0.1, -0.05) is 13.8 Å². The molecule has 19 heavy (non-hydrogen) atoms. The maximum absolute atomic E-state index is 11.5. The van der Waals surface area contributed by atoms with Gasteiger partial charge in [0.05, 0.1) is 19.6 Å². The zero-order valence-corrected chi connectivity index (χ0v) is 12.6. The number of esters is 1. The van der Waals surface area contributed by atoms with E-state index in [2.05, 4.69) is 0 Å². The van der Waals surface area contributed by atoms with E-state index in [0.717, 1.165) is 10.6 Å². The first-order valence-electron chi connectivity index (χ1n) is 6.26. The molecule has 4 nitrogen and oxygen atoms in total. The van der Waals surface area contributed by atoms with Crippen LogP contribution in [-0.2, 0) is 9.53 Å². The first-order chi connectivity index (χ1) is 8.99. The van der Waals surface area contributed by atoms with E-state index in [9.17, 15) is 4.79 Å². The fourth-order valence-electron chi connectivity index (χ4n) is 1.55. The fourth-order valence-corrected chi connectivity index (χ4v) is 2.66. The number of nitrogen functional groups attached to an aromatic ring is 1. The number of carbonyl (C=O) groups excluding carboxylic acids is 1. The zero-order valence-electron chi connectivity index (χ0n) is 11.8. The number of hydrogen-bond donors (Lipinski definition) is 1. The van der Waals surface area contributed by atoms with Crippen LogP contribution in [0.2, 0.25) is 0 Å². The van der Waals surface area contributed by atoms with E-state index in [4.69, 9.17) is 15.2 Å². The van der Waals surface area contributed by atoms with Crippen LogP contribution in [0.1, 0.15) is 20.8 Å². The van der Waals surface area contributed by atoms with Gasteiger partial charge in [-0.15, -0.1) is 11.8 Å². The largest absolute Gasteiger partial charge is 0.494 e. The number of ether oxygens (including phenoxy) is 2. The molecule has 2 atom stereocenters. The summed E-state index contributed by atoms with van der Waals surface area (Å²) in [6.45, 7) is 6.39.